The van der Waals surface area contributed by atoms with E-state index in [1.165, 1.54) is 12.8 Å². The normalized spacial score (nSPS) is 37.8. The SMILES string of the molecule is Cl.O=C(CC1CCCNC1)N1C2CCC1CC(O)C2. The maximum atomic E-state index is 12.5. The molecule has 0 saturated carbocycles. The van der Waals surface area contributed by atoms with Crippen LogP contribution >= 0.6 is 12.4 Å². The Labute approximate surface area is 121 Å². The molecule has 3 saturated heterocycles. The van der Waals surface area contributed by atoms with E-state index in [1.54, 1.807) is 0 Å². The van der Waals surface area contributed by atoms with E-state index >= 15 is 0 Å². The number of carbonyl (C=O) groups is 1. The standard InChI is InChI=1S/C14H24N2O2.ClH/c17-13-7-11-3-4-12(8-13)16(11)14(18)6-10-2-1-5-15-9-10;/h10-13,15,17H,1-9H2;1H. The number of rotatable bonds is 2. The zero-order valence-corrected chi connectivity index (χ0v) is 12.2. The Kier molecular flexibility index (Phi) is 5.09. The average Bonchev–Trinajstić information content (AvgIpc) is 2.63. The molecule has 3 rings (SSSR count). The highest BCUT2D eigenvalue weighted by Gasteiger charge is 2.42. The summed E-state index contributed by atoms with van der Waals surface area (Å²) in [6.07, 6.45) is 6.69. The molecular formula is C14H25ClN2O2. The van der Waals surface area contributed by atoms with Crippen molar-refractivity contribution in [2.24, 2.45) is 5.92 Å². The molecule has 0 aliphatic carbocycles. The molecule has 0 aromatic heterocycles. The van der Waals surface area contributed by atoms with Gasteiger partial charge in [-0.1, -0.05) is 0 Å². The Morgan fingerprint density at radius 2 is 1.89 bits per heavy atom. The molecule has 0 aromatic carbocycles. The van der Waals surface area contributed by atoms with Crippen LogP contribution in [0.1, 0.15) is 44.9 Å². The van der Waals surface area contributed by atoms with E-state index in [0.717, 1.165) is 38.8 Å². The summed E-state index contributed by atoms with van der Waals surface area (Å²) in [6.45, 7) is 2.10. The lowest BCUT2D eigenvalue weighted by Crippen LogP contribution is -2.49. The van der Waals surface area contributed by atoms with Crippen LogP contribution in [0.4, 0.5) is 0 Å². The number of hydrogen-bond donors (Lipinski definition) is 2. The van der Waals surface area contributed by atoms with E-state index < -0.39 is 0 Å². The third-order valence-corrected chi connectivity index (χ3v) is 4.86. The molecule has 5 heteroatoms. The first kappa shape index (κ1) is 15.1. The van der Waals surface area contributed by atoms with Crippen LogP contribution in [0.3, 0.4) is 0 Å². The van der Waals surface area contributed by atoms with Gasteiger partial charge >= 0.3 is 0 Å². The highest BCUT2D eigenvalue weighted by Crippen LogP contribution is 2.36. The first-order chi connectivity index (χ1) is 8.74. The summed E-state index contributed by atoms with van der Waals surface area (Å²) in [7, 11) is 0. The van der Waals surface area contributed by atoms with Gasteiger partial charge in [-0.3, -0.25) is 4.79 Å². The fourth-order valence-corrected chi connectivity index (χ4v) is 4.01. The molecule has 110 valence electrons. The number of amides is 1. The Balaban J connectivity index is 0.00000133. The molecule has 4 nitrogen and oxygen atoms in total. The van der Waals surface area contributed by atoms with Crippen molar-refractivity contribution in [1.29, 1.82) is 0 Å². The predicted molar refractivity (Wildman–Crippen MR) is 76.4 cm³/mol. The van der Waals surface area contributed by atoms with Crippen molar-refractivity contribution in [3.8, 4) is 0 Å². The molecule has 0 aromatic rings. The van der Waals surface area contributed by atoms with Crippen molar-refractivity contribution in [1.82, 2.24) is 10.2 Å². The van der Waals surface area contributed by atoms with Gasteiger partial charge in [0.25, 0.3) is 0 Å². The lowest BCUT2D eigenvalue weighted by molar-refractivity contribution is -0.138. The van der Waals surface area contributed by atoms with Crippen molar-refractivity contribution < 1.29 is 9.90 Å². The number of fused-ring (bicyclic) bond motifs is 2. The van der Waals surface area contributed by atoms with Crippen molar-refractivity contribution in [3.63, 3.8) is 0 Å². The van der Waals surface area contributed by atoms with E-state index in [0.29, 0.717) is 30.3 Å². The van der Waals surface area contributed by atoms with E-state index in [-0.39, 0.29) is 18.5 Å². The first-order valence-electron chi connectivity index (χ1n) is 7.44. The molecule has 0 radical (unpaired) electrons. The lowest BCUT2D eigenvalue weighted by Gasteiger charge is -2.38. The molecule has 3 aliphatic rings. The molecule has 1 amide bonds. The highest BCUT2D eigenvalue weighted by atomic mass is 35.5. The molecule has 2 bridgehead atoms. The van der Waals surface area contributed by atoms with Crippen molar-refractivity contribution in [2.75, 3.05) is 13.1 Å². The largest absolute Gasteiger partial charge is 0.393 e. The predicted octanol–water partition coefficient (Wildman–Crippen LogP) is 1.31. The van der Waals surface area contributed by atoms with Gasteiger partial charge in [-0.25, -0.2) is 0 Å². The smallest absolute Gasteiger partial charge is 0.223 e. The molecule has 3 atom stereocenters. The van der Waals surface area contributed by atoms with Gasteiger partial charge in [-0.05, 0) is 57.5 Å². The first-order valence-corrected chi connectivity index (χ1v) is 7.44. The zero-order valence-electron chi connectivity index (χ0n) is 11.4. The van der Waals surface area contributed by atoms with Crippen molar-refractivity contribution in [2.45, 2.75) is 63.1 Å². The molecule has 19 heavy (non-hydrogen) atoms. The van der Waals surface area contributed by atoms with Crippen LogP contribution < -0.4 is 5.32 Å². The van der Waals surface area contributed by atoms with E-state index in [4.69, 9.17) is 0 Å². The Bertz CT molecular complexity index is 307. The zero-order chi connectivity index (χ0) is 12.5. The van der Waals surface area contributed by atoms with Crippen molar-refractivity contribution >= 4 is 18.3 Å². The van der Waals surface area contributed by atoms with Crippen LogP contribution in [-0.4, -0.2) is 47.2 Å². The topological polar surface area (TPSA) is 52.6 Å². The van der Waals surface area contributed by atoms with Gasteiger partial charge in [-0.15, -0.1) is 12.4 Å². The van der Waals surface area contributed by atoms with Crippen LogP contribution in [0.2, 0.25) is 0 Å². The summed E-state index contributed by atoms with van der Waals surface area (Å²) in [4.78, 5) is 14.6. The summed E-state index contributed by atoms with van der Waals surface area (Å²) in [5.41, 5.74) is 0. The Hall–Kier alpha value is -0.320. The quantitative estimate of drug-likeness (QED) is 0.806. The summed E-state index contributed by atoms with van der Waals surface area (Å²) in [6, 6.07) is 0.644. The van der Waals surface area contributed by atoms with Gasteiger partial charge in [-0.2, -0.15) is 0 Å². The minimum Gasteiger partial charge on any atom is -0.393 e. The summed E-state index contributed by atoms with van der Waals surface area (Å²) >= 11 is 0. The molecule has 2 N–H and O–H groups in total. The molecule has 3 fully saturated rings. The van der Waals surface area contributed by atoms with Gasteiger partial charge in [0.2, 0.25) is 5.91 Å². The fraction of sp³-hybridized carbons (Fsp3) is 0.929. The van der Waals surface area contributed by atoms with Crippen LogP contribution in [-0.2, 0) is 4.79 Å². The number of nitrogens with one attached hydrogen (secondary N) is 1. The Morgan fingerprint density at radius 3 is 2.47 bits per heavy atom. The maximum absolute atomic E-state index is 12.5. The minimum atomic E-state index is -0.178. The lowest BCUT2D eigenvalue weighted by atomic mass is 9.93. The van der Waals surface area contributed by atoms with E-state index in [2.05, 4.69) is 10.2 Å². The van der Waals surface area contributed by atoms with Crippen LogP contribution in [0.25, 0.3) is 0 Å². The van der Waals surface area contributed by atoms with Crippen LogP contribution in [0, 0.1) is 5.92 Å². The second kappa shape index (κ2) is 6.42. The van der Waals surface area contributed by atoms with Gasteiger partial charge in [0, 0.05) is 18.5 Å². The van der Waals surface area contributed by atoms with Crippen LogP contribution in [0.5, 0.6) is 0 Å². The summed E-state index contributed by atoms with van der Waals surface area (Å²) < 4.78 is 0. The molecule has 3 unspecified atom stereocenters. The number of carbonyl (C=O) groups excluding carboxylic acids is 1. The minimum absolute atomic E-state index is 0. The van der Waals surface area contributed by atoms with Gasteiger partial charge < -0.3 is 15.3 Å². The van der Waals surface area contributed by atoms with E-state index in [1.807, 2.05) is 0 Å². The molecule has 0 spiro atoms. The van der Waals surface area contributed by atoms with E-state index in [9.17, 15) is 9.90 Å². The third kappa shape index (κ3) is 3.23. The molecule has 3 aliphatic heterocycles. The van der Waals surface area contributed by atoms with Crippen molar-refractivity contribution in [3.05, 3.63) is 0 Å². The van der Waals surface area contributed by atoms with Gasteiger partial charge in [0.05, 0.1) is 6.10 Å². The monoisotopic (exact) mass is 288 g/mol. The number of piperidine rings is 2. The number of halogens is 1. The number of aliphatic hydroxyl groups excluding tert-OH is 1. The number of nitrogens with zero attached hydrogens (tertiary/aromatic N) is 1. The second-order valence-electron chi connectivity index (χ2n) is 6.23. The highest BCUT2D eigenvalue weighted by molar-refractivity contribution is 5.85. The molecular weight excluding hydrogens is 264 g/mol. The maximum Gasteiger partial charge on any atom is 0.223 e. The summed E-state index contributed by atoms with van der Waals surface area (Å²) in [5.74, 6) is 0.862. The van der Waals surface area contributed by atoms with Crippen LogP contribution in [0.15, 0.2) is 0 Å². The molecule has 3 heterocycles. The average molecular weight is 289 g/mol. The number of aliphatic hydroxyl groups is 1. The second-order valence-corrected chi connectivity index (χ2v) is 6.23. The van der Waals surface area contributed by atoms with Gasteiger partial charge in [0.1, 0.15) is 0 Å². The number of hydrogen-bond acceptors (Lipinski definition) is 3. The Morgan fingerprint density at radius 1 is 1.21 bits per heavy atom. The van der Waals surface area contributed by atoms with Gasteiger partial charge in [0.15, 0.2) is 0 Å². The third-order valence-electron chi connectivity index (χ3n) is 4.86. The summed E-state index contributed by atoms with van der Waals surface area (Å²) in [5, 5.41) is 13.1. The fourth-order valence-electron chi connectivity index (χ4n) is 4.01.